The summed E-state index contributed by atoms with van der Waals surface area (Å²) in [4.78, 5) is 2.68. The van der Waals surface area contributed by atoms with Gasteiger partial charge in [0, 0.05) is 30.1 Å². The number of nitrogens with one attached hydrogen (secondary N) is 1. The molecule has 1 N–H and O–H groups in total. The monoisotopic (exact) mass is 490 g/mol. The molecule has 4 unspecified atom stereocenters. The summed E-state index contributed by atoms with van der Waals surface area (Å²) in [6.07, 6.45) is 18.3. The third kappa shape index (κ3) is 6.98. The molecule has 1 saturated heterocycles. The van der Waals surface area contributed by atoms with Crippen molar-refractivity contribution in [1.82, 2.24) is 10.2 Å². The third-order valence-electron chi connectivity index (χ3n) is 9.56. The molecule has 0 aromatic heterocycles. The fourth-order valence-corrected chi connectivity index (χ4v) is 7.31. The Morgan fingerprint density at radius 1 is 1.06 bits per heavy atom. The smallest absolute Gasteiger partial charge is 0.104 e. The molecule has 4 rings (SSSR count). The van der Waals surface area contributed by atoms with Crippen LogP contribution in [0, 0.1) is 35.5 Å². The van der Waals surface area contributed by atoms with Crippen molar-refractivity contribution in [2.24, 2.45) is 35.5 Å². The van der Waals surface area contributed by atoms with Crippen LogP contribution in [0.3, 0.4) is 0 Å². The molecule has 192 valence electrons. The predicted molar refractivity (Wildman–Crippen MR) is 144 cm³/mol. The maximum Gasteiger partial charge on any atom is 0.104 e. The van der Waals surface area contributed by atoms with Crippen LogP contribution in [-0.4, -0.2) is 37.1 Å². The van der Waals surface area contributed by atoms with Crippen molar-refractivity contribution in [3.05, 3.63) is 34.7 Å². The second-order valence-electron chi connectivity index (χ2n) is 12.2. The summed E-state index contributed by atoms with van der Waals surface area (Å²) in [6.45, 7) is 11.5. The second kappa shape index (κ2) is 12.5. The van der Waals surface area contributed by atoms with Crippen LogP contribution in [-0.2, 0) is 0 Å². The summed E-state index contributed by atoms with van der Waals surface area (Å²) in [7, 11) is 0. The number of rotatable bonds is 8. The summed E-state index contributed by atoms with van der Waals surface area (Å²) in [5.74, 6) is 3.71. The molecule has 0 aromatic carbocycles. The van der Waals surface area contributed by atoms with E-state index in [2.05, 4.69) is 43.1 Å². The Balaban J connectivity index is 1.24. The van der Waals surface area contributed by atoms with Crippen LogP contribution < -0.4 is 5.32 Å². The Labute approximate surface area is 213 Å². The van der Waals surface area contributed by atoms with Gasteiger partial charge in [-0.1, -0.05) is 69.4 Å². The quantitative estimate of drug-likeness (QED) is 0.372. The lowest BCUT2D eigenvalue weighted by Gasteiger charge is -2.39. The molecule has 4 heteroatoms. The lowest BCUT2D eigenvalue weighted by Crippen LogP contribution is -2.47. The van der Waals surface area contributed by atoms with Crippen molar-refractivity contribution in [1.29, 1.82) is 0 Å². The van der Waals surface area contributed by atoms with E-state index < -0.39 is 0 Å². The highest BCUT2D eigenvalue weighted by Gasteiger charge is 2.34. The first-order valence-electron chi connectivity index (χ1n) is 14.3. The zero-order valence-corrected chi connectivity index (χ0v) is 22.6. The van der Waals surface area contributed by atoms with E-state index in [1.54, 1.807) is 6.08 Å². The van der Waals surface area contributed by atoms with Crippen molar-refractivity contribution in [2.45, 2.75) is 91.0 Å². The minimum absolute atomic E-state index is 0.109. The predicted octanol–water partition coefficient (Wildman–Crippen LogP) is 7.86. The lowest BCUT2D eigenvalue weighted by atomic mass is 9.70. The topological polar surface area (TPSA) is 15.3 Å². The van der Waals surface area contributed by atoms with Gasteiger partial charge in [-0.2, -0.15) is 0 Å². The fourth-order valence-electron chi connectivity index (χ4n) is 7.11. The van der Waals surface area contributed by atoms with E-state index >= 15 is 0 Å². The fraction of sp³-hybridized carbons (Fsp3) is 0.800. The van der Waals surface area contributed by atoms with E-state index in [1.165, 1.54) is 70.0 Å². The van der Waals surface area contributed by atoms with E-state index in [0.29, 0.717) is 23.8 Å². The summed E-state index contributed by atoms with van der Waals surface area (Å²) >= 11 is 6.20. The number of allylic oxidation sites excluding steroid dienone is 5. The number of likely N-dealkylation sites (tertiary alicyclic amines) is 1. The summed E-state index contributed by atoms with van der Waals surface area (Å²) in [5.41, 5.74) is 1.39. The van der Waals surface area contributed by atoms with Crippen LogP contribution in [0.1, 0.15) is 85.0 Å². The molecule has 1 heterocycles. The van der Waals surface area contributed by atoms with E-state index in [-0.39, 0.29) is 11.7 Å². The highest BCUT2D eigenvalue weighted by molar-refractivity contribution is 6.29. The Bertz CT molecular complexity index is 749. The van der Waals surface area contributed by atoms with Crippen LogP contribution in [0.5, 0.6) is 0 Å². The largest absolute Gasteiger partial charge is 0.309 e. The maximum absolute atomic E-state index is 14.8. The minimum atomic E-state index is 0.109. The van der Waals surface area contributed by atoms with Gasteiger partial charge in [0.2, 0.25) is 0 Å². The second-order valence-corrected chi connectivity index (χ2v) is 12.7. The van der Waals surface area contributed by atoms with Crippen molar-refractivity contribution in [3.63, 3.8) is 0 Å². The average molecular weight is 491 g/mol. The number of hydrogen-bond donors (Lipinski definition) is 1. The number of halogens is 2. The van der Waals surface area contributed by atoms with E-state index in [1.807, 2.05) is 0 Å². The average Bonchev–Trinajstić information content (AvgIpc) is 2.84. The molecule has 0 aromatic rings. The highest BCUT2D eigenvalue weighted by atomic mass is 35.5. The van der Waals surface area contributed by atoms with Crippen molar-refractivity contribution >= 4 is 11.6 Å². The first kappa shape index (κ1) is 26.4. The van der Waals surface area contributed by atoms with Gasteiger partial charge >= 0.3 is 0 Å². The Kier molecular flexibility index (Phi) is 9.75. The van der Waals surface area contributed by atoms with Gasteiger partial charge in [-0.25, -0.2) is 4.39 Å². The van der Waals surface area contributed by atoms with Crippen LogP contribution >= 0.6 is 11.6 Å². The van der Waals surface area contributed by atoms with E-state index in [0.717, 1.165) is 42.8 Å². The van der Waals surface area contributed by atoms with Crippen LogP contribution in [0.25, 0.3) is 0 Å². The molecule has 0 spiro atoms. The van der Waals surface area contributed by atoms with E-state index in [4.69, 9.17) is 11.6 Å². The van der Waals surface area contributed by atoms with Gasteiger partial charge in [0.25, 0.3) is 0 Å². The molecular formula is C30H48ClFN2. The van der Waals surface area contributed by atoms with E-state index in [9.17, 15) is 4.39 Å². The first-order chi connectivity index (χ1) is 16.4. The van der Waals surface area contributed by atoms with Crippen LogP contribution in [0.15, 0.2) is 34.7 Å². The Morgan fingerprint density at radius 2 is 1.82 bits per heavy atom. The molecule has 5 atom stereocenters. The maximum atomic E-state index is 14.8. The van der Waals surface area contributed by atoms with Gasteiger partial charge in [-0.3, -0.25) is 0 Å². The number of piperidine rings is 1. The van der Waals surface area contributed by atoms with Crippen molar-refractivity contribution in [2.75, 3.05) is 26.2 Å². The number of nitrogens with zero attached hydrogens (tertiary/aromatic N) is 1. The Hall–Kier alpha value is -0.640. The summed E-state index contributed by atoms with van der Waals surface area (Å²) < 4.78 is 14.8. The molecular weight excluding hydrogens is 443 g/mol. The van der Waals surface area contributed by atoms with Crippen molar-refractivity contribution < 1.29 is 4.39 Å². The molecule has 3 aliphatic carbocycles. The van der Waals surface area contributed by atoms with Gasteiger partial charge in [0.05, 0.1) is 0 Å². The molecule has 0 amide bonds. The standard InChI is InChI=1S/C30H48ClFN2/c1-21(2)30(20-34-16-14-25(15-17-34)24-9-11-26(31)12-10-24)33-19-23-8-13-29(32)28(18-23)27-7-5-4-6-22(27)3/h8,11,13,21-22,24-25,27-28,30,33H,4-7,9-10,12,14-20H2,1-3H3/t22?,24?,27?,28?,30-/m0/s1. The minimum Gasteiger partial charge on any atom is -0.309 e. The molecule has 34 heavy (non-hydrogen) atoms. The summed E-state index contributed by atoms with van der Waals surface area (Å²) in [6, 6.07) is 0.483. The lowest BCUT2D eigenvalue weighted by molar-refractivity contribution is 0.124. The van der Waals surface area contributed by atoms with Gasteiger partial charge in [0.15, 0.2) is 0 Å². The zero-order chi connectivity index (χ0) is 24.1. The van der Waals surface area contributed by atoms with Gasteiger partial charge in [-0.15, -0.1) is 0 Å². The zero-order valence-electron chi connectivity index (χ0n) is 21.9. The number of hydrogen-bond acceptors (Lipinski definition) is 2. The molecule has 4 aliphatic rings. The molecule has 0 radical (unpaired) electrons. The van der Waals surface area contributed by atoms with Crippen LogP contribution in [0.4, 0.5) is 4.39 Å². The summed E-state index contributed by atoms with van der Waals surface area (Å²) in [5, 5.41) is 4.96. The Morgan fingerprint density at radius 3 is 2.50 bits per heavy atom. The van der Waals surface area contributed by atoms with Crippen molar-refractivity contribution in [3.8, 4) is 0 Å². The molecule has 1 aliphatic heterocycles. The van der Waals surface area contributed by atoms with Gasteiger partial charge < -0.3 is 10.2 Å². The first-order valence-corrected chi connectivity index (χ1v) is 14.6. The third-order valence-corrected chi connectivity index (χ3v) is 9.90. The van der Waals surface area contributed by atoms with Gasteiger partial charge in [-0.05, 0) is 93.7 Å². The normalized spacial score (nSPS) is 32.8. The van der Waals surface area contributed by atoms with Crippen LogP contribution in [0.2, 0.25) is 0 Å². The highest BCUT2D eigenvalue weighted by Crippen LogP contribution is 2.42. The van der Waals surface area contributed by atoms with Gasteiger partial charge in [0.1, 0.15) is 5.83 Å². The molecule has 0 bridgehead atoms. The molecule has 2 fully saturated rings. The molecule has 2 nitrogen and oxygen atoms in total. The molecule has 1 saturated carbocycles. The SMILES string of the molecule is CC1CCCCC1C1CC(CN[C@@H](CN2CCC(C3CC=C(Cl)CC3)CC2)C(C)C)=CC=C1F.